The minimum absolute atomic E-state index is 0.168. The van der Waals surface area contributed by atoms with E-state index in [4.69, 9.17) is 5.73 Å². The van der Waals surface area contributed by atoms with Crippen LogP contribution >= 0.6 is 0 Å². The molecule has 5 heteroatoms. The van der Waals surface area contributed by atoms with Gasteiger partial charge in [0.15, 0.2) is 5.43 Å². The Balaban J connectivity index is 2.99. The van der Waals surface area contributed by atoms with Gasteiger partial charge in [0.25, 0.3) is 5.91 Å². The van der Waals surface area contributed by atoms with Crippen LogP contribution in [0.5, 0.6) is 0 Å². The van der Waals surface area contributed by atoms with E-state index in [2.05, 4.69) is 4.98 Å². The molecule has 1 aromatic heterocycles. The highest BCUT2D eigenvalue weighted by Crippen LogP contribution is 1.99. The van der Waals surface area contributed by atoms with Gasteiger partial charge in [0.05, 0.1) is 0 Å². The summed E-state index contributed by atoms with van der Waals surface area (Å²) in [6.45, 7) is 5.03. The van der Waals surface area contributed by atoms with E-state index in [0.717, 1.165) is 5.69 Å². The standard InChI is InChI=1S/C11H17N3O2/c1-3-14(5-4-12)11(16)9-7-13-8(2)6-10(9)15/h6-7H,3-5,12H2,1-2H3,(H,13,15). The van der Waals surface area contributed by atoms with Crippen molar-refractivity contribution in [3.63, 3.8) is 0 Å². The van der Waals surface area contributed by atoms with Crippen LogP contribution in [0, 0.1) is 6.92 Å². The molecule has 0 atom stereocenters. The largest absolute Gasteiger partial charge is 0.364 e. The fourth-order valence-electron chi connectivity index (χ4n) is 1.47. The van der Waals surface area contributed by atoms with E-state index in [1.807, 2.05) is 6.92 Å². The van der Waals surface area contributed by atoms with Crippen molar-refractivity contribution in [2.45, 2.75) is 13.8 Å². The van der Waals surface area contributed by atoms with Crippen molar-refractivity contribution < 1.29 is 4.79 Å². The van der Waals surface area contributed by atoms with Gasteiger partial charge in [-0.15, -0.1) is 0 Å². The van der Waals surface area contributed by atoms with E-state index in [0.29, 0.717) is 19.6 Å². The quantitative estimate of drug-likeness (QED) is 0.760. The number of H-pyrrole nitrogens is 1. The maximum atomic E-state index is 11.9. The van der Waals surface area contributed by atoms with Crippen LogP contribution < -0.4 is 11.2 Å². The number of rotatable bonds is 4. The molecule has 1 heterocycles. The zero-order valence-corrected chi connectivity index (χ0v) is 9.62. The Morgan fingerprint density at radius 3 is 2.75 bits per heavy atom. The van der Waals surface area contributed by atoms with Crippen molar-refractivity contribution in [1.82, 2.24) is 9.88 Å². The van der Waals surface area contributed by atoms with Crippen LogP contribution in [0.15, 0.2) is 17.1 Å². The summed E-state index contributed by atoms with van der Waals surface area (Å²) >= 11 is 0. The smallest absolute Gasteiger partial charge is 0.259 e. The first-order chi connectivity index (χ1) is 7.60. The Bertz CT molecular complexity index is 425. The first-order valence-electron chi connectivity index (χ1n) is 5.28. The summed E-state index contributed by atoms with van der Waals surface area (Å²) in [5, 5.41) is 0. The molecule has 0 aliphatic heterocycles. The Labute approximate surface area is 94.3 Å². The minimum Gasteiger partial charge on any atom is -0.364 e. The fourth-order valence-corrected chi connectivity index (χ4v) is 1.47. The van der Waals surface area contributed by atoms with Crippen LogP contribution in [0.25, 0.3) is 0 Å². The lowest BCUT2D eigenvalue weighted by atomic mass is 10.2. The number of carbonyl (C=O) groups is 1. The molecule has 16 heavy (non-hydrogen) atoms. The Morgan fingerprint density at radius 2 is 2.25 bits per heavy atom. The number of pyridine rings is 1. The monoisotopic (exact) mass is 223 g/mol. The number of nitrogens with zero attached hydrogens (tertiary/aromatic N) is 1. The molecule has 0 aliphatic rings. The molecule has 0 bridgehead atoms. The molecule has 0 fully saturated rings. The van der Waals surface area contributed by atoms with Crippen LogP contribution in [-0.2, 0) is 0 Å². The first kappa shape index (κ1) is 12.4. The number of amides is 1. The van der Waals surface area contributed by atoms with Gasteiger partial charge in [-0.05, 0) is 13.8 Å². The van der Waals surface area contributed by atoms with Gasteiger partial charge < -0.3 is 15.6 Å². The SMILES string of the molecule is CCN(CCN)C(=O)c1c[nH]c(C)cc1=O. The topological polar surface area (TPSA) is 79.2 Å². The van der Waals surface area contributed by atoms with Crippen LogP contribution in [0.3, 0.4) is 0 Å². The van der Waals surface area contributed by atoms with E-state index < -0.39 is 0 Å². The molecule has 88 valence electrons. The van der Waals surface area contributed by atoms with Crippen molar-refractivity contribution in [1.29, 1.82) is 0 Å². The highest BCUT2D eigenvalue weighted by molar-refractivity contribution is 5.93. The molecular formula is C11H17N3O2. The summed E-state index contributed by atoms with van der Waals surface area (Å²) in [5.41, 5.74) is 6.06. The van der Waals surface area contributed by atoms with Crippen molar-refractivity contribution in [2.75, 3.05) is 19.6 Å². The van der Waals surface area contributed by atoms with E-state index in [-0.39, 0.29) is 16.9 Å². The molecule has 3 N–H and O–H groups in total. The van der Waals surface area contributed by atoms with E-state index in [9.17, 15) is 9.59 Å². The Morgan fingerprint density at radius 1 is 1.56 bits per heavy atom. The van der Waals surface area contributed by atoms with Gasteiger partial charge >= 0.3 is 0 Å². The number of aromatic nitrogens is 1. The van der Waals surface area contributed by atoms with Gasteiger partial charge in [-0.25, -0.2) is 0 Å². The lowest BCUT2D eigenvalue weighted by Crippen LogP contribution is -2.37. The van der Waals surface area contributed by atoms with Gasteiger partial charge in [0.1, 0.15) is 5.56 Å². The highest BCUT2D eigenvalue weighted by atomic mass is 16.2. The van der Waals surface area contributed by atoms with Crippen LogP contribution in [-0.4, -0.2) is 35.4 Å². The zero-order chi connectivity index (χ0) is 12.1. The van der Waals surface area contributed by atoms with Crippen molar-refractivity contribution in [3.05, 3.63) is 33.7 Å². The first-order valence-corrected chi connectivity index (χ1v) is 5.28. The number of carbonyl (C=O) groups excluding carboxylic acids is 1. The summed E-state index contributed by atoms with van der Waals surface area (Å²) < 4.78 is 0. The van der Waals surface area contributed by atoms with Gasteiger partial charge in [0.2, 0.25) is 0 Å². The van der Waals surface area contributed by atoms with Crippen molar-refractivity contribution in [3.8, 4) is 0 Å². The van der Waals surface area contributed by atoms with E-state index in [1.54, 1.807) is 11.8 Å². The summed E-state index contributed by atoms with van der Waals surface area (Å²) in [5.74, 6) is -0.269. The third-order valence-corrected chi connectivity index (χ3v) is 2.36. The summed E-state index contributed by atoms with van der Waals surface area (Å²) in [7, 11) is 0. The number of aryl methyl sites for hydroxylation is 1. The number of hydrogen-bond donors (Lipinski definition) is 2. The summed E-state index contributed by atoms with van der Waals surface area (Å²) in [6, 6.07) is 1.42. The average molecular weight is 223 g/mol. The van der Waals surface area contributed by atoms with Crippen LogP contribution in [0.4, 0.5) is 0 Å². The number of aromatic amines is 1. The molecule has 0 spiro atoms. The Kier molecular flexibility index (Phi) is 4.25. The lowest BCUT2D eigenvalue weighted by Gasteiger charge is -2.19. The highest BCUT2D eigenvalue weighted by Gasteiger charge is 2.16. The molecule has 0 unspecified atom stereocenters. The van der Waals surface area contributed by atoms with Crippen LogP contribution in [0.1, 0.15) is 23.0 Å². The predicted octanol–water partition coefficient (Wildman–Crippen LogP) is 0.104. The normalized spacial score (nSPS) is 10.2. The third kappa shape index (κ3) is 2.70. The number of likely N-dealkylation sites (N-methyl/N-ethyl adjacent to an activating group) is 1. The molecule has 1 amide bonds. The summed E-state index contributed by atoms with van der Waals surface area (Å²) in [6.07, 6.45) is 1.46. The van der Waals surface area contributed by atoms with Crippen molar-refractivity contribution in [2.24, 2.45) is 5.73 Å². The third-order valence-electron chi connectivity index (χ3n) is 2.36. The molecule has 0 saturated heterocycles. The van der Waals surface area contributed by atoms with Crippen molar-refractivity contribution >= 4 is 5.91 Å². The second kappa shape index (κ2) is 5.46. The Hall–Kier alpha value is -1.62. The fraction of sp³-hybridized carbons (Fsp3) is 0.455. The summed E-state index contributed by atoms with van der Waals surface area (Å²) in [4.78, 5) is 28.0. The molecule has 1 rings (SSSR count). The van der Waals surface area contributed by atoms with Gasteiger partial charge in [-0.3, -0.25) is 9.59 Å². The number of hydrogen-bond acceptors (Lipinski definition) is 3. The predicted molar refractivity (Wildman–Crippen MR) is 62.4 cm³/mol. The zero-order valence-electron chi connectivity index (χ0n) is 9.62. The molecule has 0 aromatic carbocycles. The second-order valence-electron chi connectivity index (χ2n) is 3.57. The van der Waals surface area contributed by atoms with Gasteiger partial charge in [-0.1, -0.05) is 0 Å². The molecule has 1 aromatic rings. The maximum absolute atomic E-state index is 11.9. The number of nitrogens with two attached hydrogens (primary N) is 1. The van der Waals surface area contributed by atoms with E-state index in [1.165, 1.54) is 12.3 Å². The molecule has 0 radical (unpaired) electrons. The van der Waals surface area contributed by atoms with Gasteiger partial charge in [-0.2, -0.15) is 0 Å². The average Bonchev–Trinajstić information content (AvgIpc) is 2.25. The van der Waals surface area contributed by atoms with Gasteiger partial charge in [0, 0.05) is 37.6 Å². The maximum Gasteiger partial charge on any atom is 0.259 e. The van der Waals surface area contributed by atoms with Crippen LogP contribution in [0.2, 0.25) is 0 Å². The lowest BCUT2D eigenvalue weighted by molar-refractivity contribution is 0.0767. The number of nitrogens with one attached hydrogen (secondary N) is 1. The minimum atomic E-state index is -0.269. The molecular weight excluding hydrogens is 206 g/mol. The van der Waals surface area contributed by atoms with E-state index >= 15 is 0 Å². The second-order valence-corrected chi connectivity index (χ2v) is 3.57. The molecule has 0 saturated carbocycles. The molecule has 0 aliphatic carbocycles. The molecule has 5 nitrogen and oxygen atoms in total.